The van der Waals surface area contributed by atoms with Crippen molar-refractivity contribution in [2.45, 2.75) is 6.92 Å². The van der Waals surface area contributed by atoms with Gasteiger partial charge in [0.1, 0.15) is 11.5 Å². The molecule has 0 bridgehead atoms. The van der Waals surface area contributed by atoms with Gasteiger partial charge < -0.3 is 14.2 Å². The number of allylic oxidation sites excluding steroid dienone is 2. The fourth-order valence-electron chi connectivity index (χ4n) is 1.50. The van der Waals surface area contributed by atoms with Crippen LogP contribution in [0.5, 0.6) is 0 Å². The zero-order chi connectivity index (χ0) is 15.0. The third-order valence-electron chi connectivity index (χ3n) is 2.57. The average molecular weight is 294 g/mol. The lowest BCUT2D eigenvalue weighted by Crippen LogP contribution is -2.01. The van der Waals surface area contributed by atoms with E-state index in [1.807, 2.05) is 36.6 Å². The first-order valence-corrected chi connectivity index (χ1v) is 6.80. The van der Waals surface area contributed by atoms with Gasteiger partial charge in [-0.1, -0.05) is 6.07 Å². The second kappa shape index (κ2) is 8.22. The van der Waals surface area contributed by atoms with Gasteiger partial charge in [0.2, 0.25) is 0 Å². The lowest BCUT2D eigenvalue weighted by molar-refractivity contribution is -0.135. The van der Waals surface area contributed by atoms with Crippen LogP contribution in [0.3, 0.4) is 0 Å². The summed E-state index contributed by atoms with van der Waals surface area (Å²) in [5.74, 6) is 0.554. The van der Waals surface area contributed by atoms with Crippen molar-refractivity contribution in [1.82, 2.24) is 0 Å². The Labute approximate surface area is 123 Å². The number of ether oxygens (including phenoxy) is 3. The fourth-order valence-corrected chi connectivity index (χ4v) is 2.12. The second-order valence-electron chi connectivity index (χ2n) is 3.78. The first-order chi connectivity index (χ1) is 9.62. The molecule has 1 rings (SSSR count). The van der Waals surface area contributed by atoms with E-state index in [-0.39, 0.29) is 0 Å². The Morgan fingerprint density at radius 3 is 2.45 bits per heavy atom. The van der Waals surface area contributed by atoms with Crippen LogP contribution in [0.25, 0.3) is 6.08 Å². The van der Waals surface area contributed by atoms with Crippen molar-refractivity contribution in [3.63, 3.8) is 0 Å². The van der Waals surface area contributed by atoms with E-state index in [0.29, 0.717) is 17.1 Å². The Morgan fingerprint density at radius 2 is 1.95 bits per heavy atom. The highest BCUT2D eigenvalue weighted by Gasteiger charge is 2.09. The number of hydrogen-bond acceptors (Lipinski definition) is 5. The van der Waals surface area contributed by atoms with Crippen LogP contribution in [0, 0.1) is 0 Å². The van der Waals surface area contributed by atoms with E-state index in [1.54, 1.807) is 18.4 Å². The molecule has 0 radical (unpaired) electrons. The standard InChI is InChI=1S/C15H18O4S/c1-11(14(18-3)10-15(16)19-4)13(17-2)8-7-12-6-5-9-20-12/h5-10H,1-4H3/b8-7+,13-11+,14-10-. The summed E-state index contributed by atoms with van der Waals surface area (Å²) < 4.78 is 15.1. The Balaban J connectivity index is 3.04. The van der Waals surface area contributed by atoms with Crippen LogP contribution in [0.4, 0.5) is 0 Å². The molecular weight excluding hydrogens is 276 g/mol. The fraction of sp³-hybridized carbons (Fsp3) is 0.267. The first-order valence-electron chi connectivity index (χ1n) is 5.92. The zero-order valence-electron chi connectivity index (χ0n) is 12.0. The van der Waals surface area contributed by atoms with Crippen LogP contribution in [-0.2, 0) is 19.0 Å². The smallest absolute Gasteiger partial charge is 0.334 e. The average Bonchev–Trinajstić information content (AvgIpc) is 2.98. The van der Waals surface area contributed by atoms with E-state index in [2.05, 4.69) is 4.74 Å². The minimum Gasteiger partial charge on any atom is -0.496 e. The summed E-state index contributed by atoms with van der Waals surface area (Å²) in [5, 5.41) is 2.00. The topological polar surface area (TPSA) is 44.8 Å². The third-order valence-corrected chi connectivity index (χ3v) is 3.41. The van der Waals surface area contributed by atoms with Gasteiger partial charge in [-0.3, -0.25) is 0 Å². The number of rotatable bonds is 6. The third kappa shape index (κ3) is 4.59. The van der Waals surface area contributed by atoms with E-state index in [4.69, 9.17) is 9.47 Å². The molecule has 0 amide bonds. The van der Waals surface area contributed by atoms with Crippen LogP contribution in [0.15, 0.2) is 46.8 Å². The van der Waals surface area contributed by atoms with Gasteiger partial charge in [0.25, 0.3) is 0 Å². The van der Waals surface area contributed by atoms with Gasteiger partial charge in [-0.15, -0.1) is 11.3 Å². The number of carbonyl (C=O) groups is 1. The molecule has 108 valence electrons. The quantitative estimate of drug-likeness (QED) is 0.349. The summed E-state index contributed by atoms with van der Waals surface area (Å²) >= 11 is 1.63. The lowest BCUT2D eigenvalue weighted by Gasteiger charge is -2.10. The summed E-state index contributed by atoms with van der Waals surface area (Å²) in [6.45, 7) is 1.82. The second-order valence-corrected chi connectivity index (χ2v) is 4.76. The minimum atomic E-state index is -0.473. The van der Waals surface area contributed by atoms with Crippen molar-refractivity contribution >= 4 is 23.4 Å². The molecule has 1 heterocycles. The molecule has 0 saturated heterocycles. The van der Waals surface area contributed by atoms with E-state index in [1.165, 1.54) is 20.3 Å². The van der Waals surface area contributed by atoms with Gasteiger partial charge >= 0.3 is 5.97 Å². The summed E-state index contributed by atoms with van der Waals surface area (Å²) in [4.78, 5) is 12.4. The van der Waals surface area contributed by atoms with E-state index in [9.17, 15) is 4.79 Å². The predicted octanol–water partition coefficient (Wildman–Crippen LogP) is 3.39. The molecule has 0 unspecified atom stereocenters. The molecule has 0 aliphatic heterocycles. The summed E-state index contributed by atoms with van der Waals surface area (Å²) in [7, 11) is 4.39. The van der Waals surface area contributed by atoms with Gasteiger partial charge in [-0.25, -0.2) is 4.79 Å². The van der Waals surface area contributed by atoms with Crippen molar-refractivity contribution < 1.29 is 19.0 Å². The molecule has 0 spiro atoms. The molecule has 0 fully saturated rings. The number of methoxy groups -OCH3 is 3. The van der Waals surface area contributed by atoms with Crippen LogP contribution >= 0.6 is 11.3 Å². The number of hydrogen-bond donors (Lipinski definition) is 0. The van der Waals surface area contributed by atoms with E-state index < -0.39 is 5.97 Å². The Bertz CT molecular complexity index is 524. The van der Waals surface area contributed by atoms with Crippen molar-refractivity contribution in [3.8, 4) is 0 Å². The summed E-state index contributed by atoms with van der Waals surface area (Å²) in [6.07, 6.45) is 5.07. The Hall–Kier alpha value is -2.01. The summed E-state index contributed by atoms with van der Waals surface area (Å²) in [6, 6.07) is 3.98. The molecule has 0 saturated carbocycles. The predicted molar refractivity (Wildman–Crippen MR) is 80.2 cm³/mol. The van der Waals surface area contributed by atoms with Gasteiger partial charge in [0.15, 0.2) is 0 Å². The molecule has 0 aromatic carbocycles. The molecule has 5 heteroatoms. The maximum absolute atomic E-state index is 11.3. The summed E-state index contributed by atoms with van der Waals surface area (Å²) in [5.41, 5.74) is 0.716. The van der Waals surface area contributed by atoms with Gasteiger partial charge in [0, 0.05) is 10.5 Å². The Kier molecular flexibility index (Phi) is 6.59. The van der Waals surface area contributed by atoms with Crippen LogP contribution in [0.1, 0.15) is 11.8 Å². The van der Waals surface area contributed by atoms with Crippen molar-refractivity contribution in [2.75, 3.05) is 21.3 Å². The van der Waals surface area contributed by atoms with Crippen molar-refractivity contribution in [1.29, 1.82) is 0 Å². The molecule has 1 aromatic rings. The number of thiophene rings is 1. The maximum atomic E-state index is 11.3. The monoisotopic (exact) mass is 294 g/mol. The molecule has 0 N–H and O–H groups in total. The van der Waals surface area contributed by atoms with E-state index >= 15 is 0 Å². The SMILES string of the molecule is COC(=O)/C=C(OC)/C(C)=C(\C=C\c1cccs1)OC. The maximum Gasteiger partial charge on any atom is 0.334 e. The van der Waals surface area contributed by atoms with Gasteiger partial charge in [0.05, 0.1) is 27.4 Å². The zero-order valence-corrected chi connectivity index (χ0v) is 12.8. The molecule has 20 heavy (non-hydrogen) atoms. The van der Waals surface area contributed by atoms with Gasteiger partial charge in [-0.2, -0.15) is 0 Å². The molecule has 0 atom stereocenters. The van der Waals surface area contributed by atoms with Crippen LogP contribution in [-0.4, -0.2) is 27.3 Å². The van der Waals surface area contributed by atoms with Crippen molar-refractivity contribution in [3.05, 3.63) is 51.6 Å². The van der Waals surface area contributed by atoms with Crippen LogP contribution in [0.2, 0.25) is 0 Å². The molecule has 4 nitrogen and oxygen atoms in total. The van der Waals surface area contributed by atoms with Crippen molar-refractivity contribution in [2.24, 2.45) is 0 Å². The highest BCUT2D eigenvalue weighted by Crippen LogP contribution is 2.19. The number of esters is 1. The Morgan fingerprint density at radius 1 is 1.20 bits per heavy atom. The normalized spacial score (nSPS) is 13.1. The van der Waals surface area contributed by atoms with E-state index in [0.717, 1.165) is 4.88 Å². The number of carbonyl (C=O) groups excluding carboxylic acids is 1. The lowest BCUT2D eigenvalue weighted by atomic mass is 10.2. The highest BCUT2D eigenvalue weighted by atomic mass is 32.1. The molecule has 0 aliphatic rings. The molecule has 1 aromatic heterocycles. The molecule has 0 aliphatic carbocycles. The molecular formula is C15H18O4S. The largest absolute Gasteiger partial charge is 0.496 e. The van der Waals surface area contributed by atoms with Gasteiger partial charge in [-0.05, 0) is 30.5 Å². The minimum absolute atomic E-state index is 0.407. The van der Waals surface area contributed by atoms with Crippen LogP contribution < -0.4 is 0 Å². The highest BCUT2D eigenvalue weighted by molar-refractivity contribution is 7.10. The first kappa shape index (κ1) is 16.0.